The van der Waals surface area contributed by atoms with E-state index in [1.165, 1.54) is 25.7 Å². The number of fused-ring (bicyclic) bond motifs is 1. The van der Waals surface area contributed by atoms with E-state index < -0.39 is 0 Å². The van der Waals surface area contributed by atoms with Crippen LogP contribution in [0.15, 0.2) is 0 Å². The first-order valence-corrected chi connectivity index (χ1v) is 11.2. The van der Waals surface area contributed by atoms with Crippen LogP contribution in [0.2, 0.25) is 0 Å². The number of rotatable bonds is 7. The molecule has 2 saturated heterocycles. The van der Waals surface area contributed by atoms with Gasteiger partial charge in [0.1, 0.15) is 6.29 Å². The second-order valence-electron chi connectivity index (χ2n) is 9.19. The Morgan fingerprint density at radius 3 is 2.61 bits per heavy atom. The Labute approximate surface area is 170 Å². The number of carbonyl (C=O) groups excluding carboxylic acids is 1. The van der Waals surface area contributed by atoms with Gasteiger partial charge in [-0.2, -0.15) is 0 Å². The molecule has 0 aromatic carbocycles. The molecule has 0 aromatic heterocycles. The summed E-state index contributed by atoms with van der Waals surface area (Å²) in [7, 11) is 4.19. The van der Waals surface area contributed by atoms with Crippen LogP contribution in [0, 0.1) is 11.8 Å². The van der Waals surface area contributed by atoms with Gasteiger partial charge in [0.15, 0.2) is 0 Å². The molecule has 0 aromatic rings. The van der Waals surface area contributed by atoms with Crippen molar-refractivity contribution >= 4 is 6.03 Å². The van der Waals surface area contributed by atoms with Gasteiger partial charge in [-0.3, -0.25) is 16.0 Å². The third-order valence-corrected chi connectivity index (χ3v) is 6.39. The molecular formula is C20H41N7O. The summed E-state index contributed by atoms with van der Waals surface area (Å²) in [4.78, 5) is 14.7. The predicted molar refractivity (Wildman–Crippen MR) is 113 cm³/mol. The summed E-state index contributed by atoms with van der Waals surface area (Å²) in [6.45, 7) is 5.24. The Morgan fingerprint density at radius 1 is 1.04 bits per heavy atom. The van der Waals surface area contributed by atoms with Crippen LogP contribution in [-0.4, -0.2) is 69.3 Å². The number of nitrogens with one attached hydrogen (secondary N) is 6. The zero-order chi connectivity index (χ0) is 19.9. The topological polar surface area (TPSA) is 92.5 Å². The molecule has 8 heteroatoms. The van der Waals surface area contributed by atoms with Gasteiger partial charge in [0, 0.05) is 12.6 Å². The normalized spacial score (nSPS) is 36.0. The molecule has 3 aliphatic rings. The highest BCUT2D eigenvalue weighted by Crippen LogP contribution is 2.34. The van der Waals surface area contributed by atoms with Gasteiger partial charge in [-0.15, -0.1) is 0 Å². The van der Waals surface area contributed by atoms with Crippen molar-refractivity contribution in [1.82, 2.24) is 36.8 Å². The lowest BCUT2D eigenvalue weighted by molar-refractivity contribution is 0.138. The fraction of sp³-hybridized carbons (Fsp3) is 0.950. The van der Waals surface area contributed by atoms with Crippen molar-refractivity contribution < 1.29 is 4.79 Å². The molecule has 1 saturated carbocycles. The van der Waals surface area contributed by atoms with E-state index in [1.807, 2.05) is 0 Å². The zero-order valence-electron chi connectivity index (χ0n) is 17.9. The zero-order valence-corrected chi connectivity index (χ0v) is 17.9. The van der Waals surface area contributed by atoms with Crippen molar-refractivity contribution in [1.29, 1.82) is 0 Å². The van der Waals surface area contributed by atoms with E-state index in [0.29, 0.717) is 6.04 Å². The maximum atomic E-state index is 12.5. The Kier molecular flexibility index (Phi) is 8.35. The van der Waals surface area contributed by atoms with Crippen LogP contribution in [0.1, 0.15) is 51.9 Å². The van der Waals surface area contributed by atoms with Crippen molar-refractivity contribution in [2.75, 3.05) is 33.7 Å². The van der Waals surface area contributed by atoms with Crippen molar-refractivity contribution in [3.63, 3.8) is 0 Å². The summed E-state index contributed by atoms with van der Waals surface area (Å²) in [6, 6.07) is 0.228. The first kappa shape index (κ1) is 21.8. The van der Waals surface area contributed by atoms with E-state index in [1.54, 1.807) is 0 Å². The lowest BCUT2D eigenvalue weighted by Gasteiger charge is -2.40. The number of urea groups is 1. The molecule has 6 unspecified atom stereocenters. The molecule has 8 nitrogen and oxygen atoms in total. The van der Waals surface area contributed by atoms with Crippen molar-refractivity contribution in [2.24, 2.45) is 11.8 Å². The fourth-order valence-corrected chi connectivity index (χ4v) is 4.90. The lowest BCUT2D eigenvalue weighted by atomic mass is 9.75. The Bertz CT molecular complexity index is 489. The van der Waals surface area contributed by atoms with Gasteiger partial charge in [-0.05, 0) is 71.6 Å². The number of nitrogens with zero attached hydrogens (tertiary/aromatic N) is 1. The van der Waals surface area contributed by atoms with Crippen molar-refractivity contribution in [2.45, 2.75) is 76.5 Å². The van der Waals surface area contributed by atoms with Crippen LogP contribution < -0.4 is 31.9 Å². The molecule has 6 N–H and O–H groups in total. The quantitative estimate of drug-likeness (QED) is 0.353. The Morgan fingerprint density at radius 2 is 1.82 bits per heavy atom. The van der Waals surface area contributed by atoms with Gasteiger partial charge in [0.2, 0.25) is 0 Å². The molecule has 3 rings (SSSR count). The summed E-state index contributed by atoms with van der Waals surface area (Å²) in [5, 5.41) is 20.1. The SMILES string of the molecule is CC1CC(NCCCN(C)C)NC(NC(=O)NC2CC3CCCCC3CN2)N1. The maximum absolute atomic E-state index is 12.5. The average Bonchev–Trinajstić information content (AvgIpc) is 2.64. The molecule has 0 radical (unpaired) electrons. The fourth-order valence-electron chi connectivity index (χ4n) is 4.90. The summed E-state index contributed by atoms with van der Waals surface area (Å²) < 4.78 is 0. The Hall–Kier alpha value is -0.930. The standard InChI is InChI=1S/C20H41N7O/c1-14-11-17(21-9-6-10-27(2)3)24-19(23-14)26-20(28)25-18-12-15-7-4-5-8-16(15)13-22-18/h14-19,21-24H,4-13H2,1-3H3,(H2,25,26,28). The monoisotopic (exact) mass is 395 g/mol. The number of hydrogen-bond acceptors (Lipinski definition) is 6. The maximum Gasteiger partial charge on any atom is 0.318 e. The van der Waals surface area contributed by atoms with Gasteiger partial charge >= 0.3 is 6.03 Å². The molecule has 0 spiro atoms. The minimum Gasteiger partial charge on any atom is -0.323 e. The van der Waals surface area contributed by atoms with Crippen LogP contribution in [0.4, 0.5) is 4.79 Å². The van der Waals surface area contributed by atoms with Gasteiger partial charge in [-0.25, -0.2) is 4.79 Å². The molecule has 162 valence electrons. The molecule has 2 amide bonds. The van der Waals surface area contributed by atoms with E-state index in [-0.39, 0.29) is 24.7 Å². The van der Waals surface area contributed by atoms with Gasteiger partial charge < -0.3 is 20.9 Å². The van der Waals surface area contributed by atoms with Crippen molar-refractivity contribution in [3.8, 4) is 0 Å². The third-order valence-electron chi connectivity index (χ3n) is 6.39. The van der Waals surface area contributed by atoms with Gasteiger partial charge in [0.05, 0.1) is 12.3 Å². The second-order valence-corrected chi connectivity index (χ2v) is 9.19. The molecule has 1 aliphatic carbocycles. The predicted octanol–water partition coefficient (Wildman–Crippen LogP) is 0.534. The smallest absolute Gasteiger partial charge is 0.318 e. The van der Waals surface area contributed by atoms with E-state index in [0.717, 1.165) is 50.7 Å². The molecule has 3 fully saturated rings. The minimum absolute atomic E-state index is 0.0836. The molecule has 0 bridgehead atoms. The first-order valence-electron chi connectivity index (χ1n) is 11.2. The number of piperidine rings is 1. The molecule has 28 heavy (non-hydrogen) atoms. The third kappa shape index (κ3) is 6.84. The largest absolute Gasteiger partial charge is 0.323 e. The van der Waals surface area contributed by atoms with Crippen LogP contribution in [0.5, 0.6) is 0 Å². The highest BCUT2D eigenvalue weighted by Gasteiger charge is 2.33. The van der Waals surface area contributed by atoms with E-state index in [9.17, 15) is 4.79 Å². The van der Waals surface area contributed by atoms with Gasteiger partial charge in [0.25, 0.3) is 0 Å². The number of hydrogen-bond donors (Lipinski definition) is 6. The minimum atomic E-state index is -0.221. The molecular weight excluding hydrogens is 354 g/mol. The van der Waals surface area contributed by atoms with Gasteiger partial charge in [-0.1, -0.05) is 19.3 Å². The average molecular weight is 396 g/mol. The van der Waals surface area contributed by atoms with Crippen molar-refractivity contribution in [3.05, 3.63) is 0 Å². The van der Waals surface area contributed by atoms with E-state index in [4.69, 9.17) is 0 Å². The highest BCUT2D eigenvalue weighted by molar-refractivity contribution is 5.74. The number of carbonyl (C=O) groups is 1. The van der Waals surface area contributed by atoms with Crippen LogP contribution in [0.25, 0.3) is 0 Å². The summed E-state index contributed by atoms with van der Waals surface area (Å²) in [6.07, 6.45) is 8.59. The first-order chi connectivity index (χ1) is 13.5. The molecule has 6 atom stereocenters. The Balaban J connectivity index is 1.38. The molecule has 2 aliphatic heterocycles. The summed E-state index contributed by atoms with van der Waals surface area (Å²) in [5.74, 6) is 1.57. The summed E-state index contributed by atoms with van der Waals surface area (Å²) in [5.41, 5.74) is 0. The van der Waals surface area contributed by atoms with Crippen LogP contribution in [0.3, 0.4) is 0 Å². The van der Waals surface area contributed by atoms with Crippen LogP contribution in [-0.2, 0) is 0 Å². The van der Waals surface area contributed by atoms with Crippen LogP contribution >= 0.6 is 0 Å². The second kappa shape index (κ2) is 10.7. The molecule has 2 heterocycles. The van der Waals surface area contributed by atoms with E-state index in [2.05, 4.69) is 57.8 Å². The van der Waals surface area contributed by atoms with E-state index >= 15 is 0 Å². The summed E-state index contributed by atoms with van der Waals surface area (Å²) >= 11 is 0. The number of amides is 2. The highest BCUT2D eigenvalue weighted by atomic mass is 16.2. The lowest BCUT2D eigenvalue weighted by Crippen LogP contribution is -2.69.